The molecule has 24 heavy (non-hydrogen) atoms. The fraction of sp³-hybridized carbons (Fsp3) is 0.294. The van der Waals surface area contributed by atoms with E-state index in [0.29, 0.717) is 12.3 Å². The number of aromatic nitrogens is 4. The molecular formula is C17H19N5O2. The molecule has 2 aromatic heterocycles. The molecule has 0 unspecified atom stereocenters. The first-order valence-electron chi connectivity index (χ1n) is 7.80. The molecule has 0 aliphatic heterocycles. The highest BCUT2D eigenvalue weighted by molar-refractivity contribution is 5.93. The van der Waals surface area contributed by atoms with E-state index in [9.17, 15) is 4.79 Å². The minimum atomic E-state index is -0.271. The van der Waals surface area contributed by atoms with Gasteiger partial charge < -0.3 is 9.84 Å². The van der Waals surface area contributed by atoms with Gasteiger partial charge in [-0.1, -0.05) is 49.3 Å². The van der Waals surface area contributed by atoms with E-state index in [0.717, 1.165) is 5.56 Å². The van der Waals surface area contributed by atoms with Crippen LogP contribution in [0.2, 0.25) is 0 Å². The van der Waals surface area contributed by atoms with Crippen molar-refractivity contribution in [3.63, 3.8) is 0 Å². The van der Waals surface area contributed by atoms with E-state index >= 15 is 0 Å². The summed E-state index contributed by atoms with van der Waals surface area (Å²) in [7, 11) is 0. The SMILES string of the molecule is CC(C)[C@H](Cn1nccn1)NC(=O)c1cc(-c2ccccc2)on1. The molecule has 124 valence electrons. The number of amides is 1. The topological polar surface area (TPSA) is 85.8 Å². The van der Waals surface area contributed by atoms with E-state index in [1.54, 1.807) is 23.3 Å². The number of nitrogens with zero attached hydrogens (tertiary/aromatic N) is 4. The molecule has 1 amide bonds. The predicted octanol–water partition coefficient (Wildman–Crippen LogP) is 2.39. The van der Waals surface area contributed by atoms with Crippen molar-refractivity contribution in [2.24, 2.45) is 5.92 Å². The van der Waals surface area contributed by atoms with Crippen molar-refractivity contribution in [3.05, 3.63) is 54.5 Å². The first-order chi connectivity index (χ1) is 11.6. The lowest BCUT2D eigenvalue weighted by Crippen LogP contribution is -2.42. The molecule has 0 saturated carbocycles. The fourth-order valence-electron chi connectivity index (χ4n) is 2.30. The molecule has 3 aromatic rings. The lowest BCUT2D eigenvalue weighted by atomic mass is 10.0. The minimum absolute atomic E-state index is 0.109. The van der Waals surface area contributed by atoms with Gasteiger partial charge in [0.2, 0.25) is 0 Å². The van der Waals surface area contributed by atoms with E-state index in [4.69, 9.17) is 4.52 Å². The van der Waals surface area contributed by atoms with E-state index in [1.165, 1.54) is 0 Å². The number of hydrogen-bond acceptors (Lipinski definition) is 5. The Balaban J connectivity index is 1.70. The van der Waals surface area contributed by atoms with Gasteiger partial charge in [-0.2, -0.15) is 15.0 Å². The van der Waals surface area contributed by atoms with Gasteiger partial charge in [-0.05, 0) is 5.92 Å². The normalized spacial score (nSPS) is 12.3. The van der Waals surface area contributed by atoms with Crippen molar-refractivity contribution >= 4 is 5.91 Å². The van der Waals surface area contributed by atoms with Crippen molar-refractivity contribution in [2.75, 3.05) is 0 Å². The number of carbonyl (C=O) groups is 1. The van der Waals surface area contributed by atoms with Gasteiger partial charge in [0.25, 0.3) is 5.91 Å². The summed E-state index contributed by atoms with van der Waals surface area (Å²) in [4.78, 5) is 14.0. The molecule has 0 aliphatic carbocycles. The van der Waals surface area contributed by atoms with E-state index in [2.05, 4.69) is 20.7 Å². The zero-order chi connectivity index (χ0) is 16.9. The molecule has 1 aromatic carbocycles. The van der Waals surface area contributed by atoms with Gasteiger partial charge in [0, 0.05) is 11.6 Å². The van der Waals surface area contributed by atoms with Gasteiger partial charge in [0.1, 0.15) is 0 Å². The molecule has 3 rings (SSSR count). The Bertz CT molecular complexity index is 780. The lowest BCUT2D eigenvalue weighted by molar-refractivity contribution is 0.0908. The third-order valence-corrected chi connectivity index (χ3v) is 3.75. The fourth-order valence-corrected chi connectivity index (χ4v) is 2.30. The predicted molar refractivity (Wildman–Crippen MR) is 88.1 cm³/mol. The quantitative estimate of drug-likeness (QED) is 0.752. The maximum absolute atomic E-state index is 12.4. The lowest BCUT2D eigenvalue weighted by Gasteiger charge is -2.21. The van der Waals surface area contributed by atoms with Gasteiger partial charge >= 0.3 is 0 Å². The monoisotopic (exact) mass is 325 g/mol. The summed E-state index contributed by atoms with van der Waals surface area (Å²) in [6.07, 6.45) is 3.23. The summed E-state index contributed by atoms with van der Waals surface area (Å²) in [5.41, 5.74) is 1.14. The second kappa shape index (κ2) is 7.08. The highest BCUT2D eigenvalue weighted by Gasteiger charge is 2.21. The van der Waals surface area contributed by atoms with Crippen molar-refractivity contribution in [1.82, 2.24) is 25.5 Å². The standard InChI is InChI=1S/C17H19N5O2/c1-12(2)15(11-22-18-8-9-19-22)20-17(23)14-10-16(24-21-14)13-6-4-3-5-7-13/h3-10,12,15H,11H2,1-2H3,(H,20,23)/t15-/m0/s1. The molecule has 0 bridgehead atoms. The van der Waals surface area contributed by atoms with Gasteiger partial charge in [-0.25, -0.2) is 0 Å². The van der Waals surface area contributed by atoms with Crippen LogP contribution in [-0.4, -0.2) is 32.1 Å². The van der Waals surface area contributed by atoms with Crippen LogP contribution in [0.5, 0.6) is 0 Å². The van der Waals surface area contributed by atoms with Crippen LogP contribution in [0.4, 0.5) is 0 Å². The summed E-state index contributed by atoms with van der Waals surface area (Å²) in [5.74, 6) is 0.517. The highest BCUT2D eigenvalue weighted by Crippen LogP contribution is 2.19. The Morgan fingerprint density at radius 2 is 1.92 bits per heavy atom. The molecule has 0 saturated heterocycles. The van der Waals surface area contributed by atoms with E-state index < -0.39 is 0 Å². The Kier molecular flexibility index (Phi) is 4.69. The van der Waals surface area contributed by atoms with Crippen LogP contribution >= 0.6 is 0 Å². The summed E-state index contributed by atoms with van der Waals surface area (Å²) < 4.78 is 5.28. The molecule has 7 nitrogen and oxygen atoms in total. The van der Waals surface area contributed by atoms with E-state index in [1.807, 2.05) is 44.2 Å². The summed E-state index contributed by atoms with van der Waals surface area (Å²) in [6.45, 7) is 4.57. The average molecular weight is 325 g/mol. The third-order valence-electron chi connectivity index (χ3n) is 3.75. The van der Waals surface area contributed by atoms with Crippen molar-refractivity contribution in [2.45, 2.75) is 26.4 Å². The molecule has 1 atom stereocenters. The molecule has 2 heterocycles. The molecule has 0 aliphatic rings. The third kappa shape index (κ3) is 3.68. The molecule has 7 heteroatoms. The van der Waals surface area contributed by atoms with Gasteiger partial charge in [0.15, 0.2) is 11.5 Å². The molecule has 1 N–H and O–H groups in total. The van der Waals surface area contributed by atoms with Gasteiger partial charge in [-0.3, -0.25) is 4.79 Å². The van der Waals surface area contributed by atoms with Gasteiger partial charge in [-0.15, -0.1) is 0 Å². The van der Waals surface area contributed by atoms with Crippen LogP contribution in [0.25, 0.3) is 11.3 Å². The van der Waals surface area contributed by atoms with Gasteiger partial charge in [0.05, 0.1) is 25.0 Å². The zero-order valence-electron chi connectivity index (χ0n) is 13.6. The summed E-state index contributed by atoms with van der Waals surface area (Å²) in [6, 6.07) is 11.1. The Morgan fingerprint density at radius 1 is 1.21 bits per heavy atom. The number of rotatable bonds is 6. The Hall–Kier alpha value is -2.96. The van der Waals surface area contributed by atoms with Crippen molar-refractivity contribution < 1.29 is 9.32 Å². The number of nitrogens with one attached hydrogen (secondary N) is 1. The number of benzene rings is 1. The van der Waals surface area contributed by atoms with Crippen molar-refractivity contribution in [3.8, 4) is 11.3 Å². The Morgan fingerprint density at radius 3 is 2.58 bits per heavy atom. The number of carbonyl (C=O) groups excluding carboxylic acids is 1. The van der Waals surface area contributed by atoms with Crippen molar-refractivity contribution in [1.29, 1.82) is 0 Å². The van der Waals surface area contributed by atoms with Crippen LogP contribution in [0, 0.1) is 5.92 Å². The second-order valence-electron chi connectivity index (χ2n) is 5.85. The molecule has 0 spiro atoms. The van der Waals surface area contributed by atoms with E-state index in [-0.39, 0.29) is 23.6 Å². The van der Waals surface area contributed by atoms with Crippen LogP contribution < -0.4 is 5.32 Å². The summed E-state index contributed by atoms with van der Waals surface area (Å²) in [5, 5.41) is 15.0. The largest absolute Gasteiger partial charge is 0.355 e. The zero-order valence-corrected chi connectivity index (χ0v) is 13.6. The number of hydrogen-bond donors (Lipinski definition) is 1. The van der Waals surface area contributed by atoms with Crippen LogP contribution in [-0.2, 0) is 6.54 Å². The maximum atomic E-state index is 12.4. The smallest absolute Gasteiger partial charge is 0.273 e. The summed E-state index contributed by atoms with van der Waals surface area (Å²) >= 11 is 0. The van der Waals surface area contributed by atoms with Crippen LogP contribution in [0.1, 0.15) is 24.3 Å². The molecule has 0 radical (unpaired) electrons. The van der Waals surface area contributed by atoms with Crippen LogP contribution in [0.3, 0.4) is 0 Å². The Labute approximate surface area is 139 Å². The average Bonchev–Trinajstić information content (AvgIpc) is 3.26. The highest BCUT2D eigenvalue weighted by atomic mass is 16.5. The molecule has 0 fully saturated rings. The first-order valence-corrected chi connectivity index (χ1v) is 7.80. The first kappa shape index (κ1) is 15.9. The maximum Gasteiger partial charge on any atom is 0.273 e. The molecular weight excluding hydrogens is 306 g/mol. The second-order valence-corrected chi connectivity index (χ2v) is 5.85. The minimum Gasteiger partial charge on any atom is -0.355 e. The van der Waals surface area contributed by atoms with Crippen LogP contribution in [0.15, 0.2) is 53.3 Å².